The first-order valence-electron chi connectivity index (χ1n) is 17.7. The molecule has 0 radical (unpaired) electrons. The lowest BCUT2D eigenvalue weighted by atomic mass is 10.1. The highest BCUT2D eigenvalue weighted by Gasteiger charge is 2.31. The lowest BCUT2D eigenvalue weighted by Gasteiger charge is -2.32. The number of hydrogen-bond acceptors (Lipinski definition) is 10. The van der Waals surface area contributed by atoms with Crippen LogP contribution in [-0.2, 0) is 25.2 Å². The van der Waals surface area contributed by atoms with Crippen molar-refractivity contribution in [1.82, 2.24) is 19.8 Å². The van der Waals surface area contributed by atoms with Crippen molar-refractivity contribution >= 4 is 55.7 Å². The highest BCUT2D eigenvalue weighted by molar-refractivity contribution is 8.00. The van der Waals surface area contributed by atoms with Crippen molar-refractivity contribution in [3.63, 3.8) is 0 Å². The molecule has 0 aliphatic carbocycles. The molecule has 1 fully saturated rings. The number of hydrogen-bond donors (Lipinski definition) is 4. The zero-order valence-electron chi connectivity index (χ0n) is 31.0. The van der Waals surface area contributed by atoms with E-state index in [4.69, 9.17) is 4.74 Å². The van der Waals surface area contributed by atoms with Crippen molar-refractivity contribution in [2.75, 3.05) is 80.4 Å². The summed E-state index contributed by atoms with van der Waals surface area (Å²) in [7, 11) is -0.542. The zero-order chi connectivity index (χ0) is 40.5. The number of benzene rings is 3. The first-order chi connectivity index (χ1) is 26.6. The van der Waals surface area contributed by atoms with E-state index in [9.17, 15) is 31.4 Å². The van der Waals surface area contributed by atoms with E-state index in [1.807, 2.05) is 5.32 Å². The summed E-state index contributed by atoms with van der Waals surface area (Å²) in [6.45, 7) is 6.86. The van der Waals surface area contributed by atoms with Crippen LogP contribution in [0.15, 0.2) is 71.8 Å². The number of halogens is 5. The Morgan fingerprint density at radius 1 is 0.964 bits per heavy atom. The van der Waals surface area contributed by atoms with Gasteiger partial charge in [-0.1, -0.05) is 12.1 Å². The van der Waals surface area contributed by atoms with Crippen molar-refractivity contribution in [1.29, 1.82) is 0 Å². The molecule has 2 heterocycles. The van der Waals surface area contributed by atoms with Gasteiger partial charge in [-0.05, 0) is 89.4 Å². The fraction of sp³-hybridized carbons (Fsp3) is 0.342. The molecule has 1 unspecified atom stereocenters. The highest BCUT2D eigenvalue weighted by atomic mass is 32.2. The Labute approximate surface area is 321 Å². The van der Waals surface area contributed by atoms with E-state index in [1.54, 1.807) is 42.8 Å². The molecule has 4 N–H and O–H groups in total. The maximum absolute atomic E-state index is 15.4. The Balaban J connectivity index is 1.35. The molecule has 2 amide bonds. The van der Waals surface area contributed by atoms with Crippen molar-refractivity contribution in [3.8, 4) is 11.1 Å². The second-order valence-electron chi connectivity index (χ2n) is 13.1. The molecule has 3 aromatic carbocycles. The van der Waals surface area contributed by atoms with Gasteiger partial charge in [0.05, 0.1) is 23.5 Å². The molecule has 1 aliphatic rings. The van der Waals surface area contributed by atoms with E-state index in [0.29, 0.717) is 58.8 Å². The maximum Gasteiger partial charge on any atom is 0.416 e. The number of nitrogens with one attached hydrogen (secondary N) is 4. The predicted octanol–water partition coefficient (Wildman–Crippen LogP) is 6.91. The number of rotatable bonds is 14. The molecular formula is C38H43F5N8O4S. The van der Waals surface area contributed by atoms with Crippen LogP contribution in [0.25, 0.3) is 11.1 Å². The molecule has 56 heavy (non-hydrogen) atoms. The van der Waals surface area contributed by atoms with E-state index >= 15 is 4.39 Å². The molecule has 1 atom stereocenters. The quantitative estimate of drug-likeness (QED) is 0.0605. The number of esters is 1. The summed E-state index contributed by atoms with van der Waals surface area (Å²) in [5.41, 5.74) is -0.885. The molecule has 18 heteroatoms. The molecule has 300 valence electrons. The minimum atomic E-state index is -4.77. The number of carbonyl (C=O) groups excluding carboxylic acids is 2. The SMILES string of the molecule is CCOC(=O)CCC=S(C)(=O)c1cccc(Nc2ncc(-c3ccc(NC(=O)Nc4cc(C(F)(F)F)ccc4F)c(F)c3)c(NCCN3CCN(C)CC3)n2)c1. The van der Waals surface area contributed by atoms with Gasteiger partial charge in [-0.3, -0.25) is 13.9 Å². The molecule has 0 spiro atoms. The predicted molar refractivity (Wildman–Crippen MR) is 208 cm³/mol. The number of nitrogens with zero attached hydrogens (tertiary/aromatic N) is 4. The summed E-state index contributed by atoms with van der Waals surface area (Å²) >= 11 is 0. The summed E-state index contributed by atoms with van der Waals surface area (Å²) < 4.78 is 87.4. The first-order valence-corrected chi connectivity index (χ1v) is 19.8. The number of carbonyl (C=O) groups is 2. The van der Waals surface area contributed by atoms with Crippen LogP contribution >= 0.6 is 0 Å². The van der Waals surface area contributed by atoms with Gasteiger partial charge in [0.25, 0.3) is 0 Å². The lowest BCUT2D eigenvalue weighted by molar-refractivity contribution is -0.143. The largest absolute Gasteiger partial charge is 0.466 e. The summed E-state index contributed by atoms with van der Waals surface area (Å²) in [6.07, 6.45) is -1.28. The normalized spacial score (nSPS) is 14.7. The Kier molecular flexibility index (Phi) is 13.8. The van der Waals surface area contributed by atoms with Gasteiger partial charge in [0.1, 0.15) is 17.5 Å². The van der Waals surface area contributed by atoms with E-state index in [1.165, 1.54) is 18.3 Å². The van der Waals surface area contributed by atoms with E-state index in [2.05, 4.69) is 42.8 Å². The van der Waals surface area contributed by atoms with Crippen LogP contribution in [0.2, 0.25) is 0 Å². The smallest absolute Gasteiger partial charge is 0.416 e. The average Bonchev–Trinajstić information content (AvgIpc) is 3.14. The number of ether oxygens (including phenoxy) is 1. The number of aromatic nitrogens is 2. The molecular weight excluding hydrogens is 760 g/mol. The zero-order valence-corrected chi connectivity index (χ0v) is 31.8. The first kappa shape index (κ1) is 41.8. The third-order valence-electron chi connectivity index (χ3n) is 8.82. The highest BCUT2D eigenvalue weighted by Crippen LogP contribution is 2.33. The van der Waals surface area contributed by atoms with Crippen molar-refractivity contribution in [2.24, 2.45) is 0 Å². The van der Waals surface area contributed by atoms with Gasteiger partial charge in [-0.15, -0.1) is 0 Å². The maximum atomic E-state index is 15.4. The van der Waals surface area contributed by atoms with E-state index in [0.717, 1.165) is 32.2 Å². The van der Waals surface area contributed by atoms with Crippen LogP contribution in [-0.4, -0.2) is 101 Å². The molecule has 1 aromatic heterocycles. The van der Waals surface area contributed by atoms with Gasteiger partial charge in [-0.2, -0.15) is 18.2 Å². The number of amides is 2. The fourth-order valence-electron chi connectivity index (χ4n) is 5.74. The fourth-order valence-corrected chi connectivity index (χ4v) is 7.21. The minimum absolute atomic E-state index is 0.115. The Hall–Kier alpha value is -5.33. The Bertz CT molecular complexity index is 2150. The van der Waals surface area contributed by atoms with Gasteiger partial charge in [-0.25, -0.2) is 18.6 Å². The standard InChI is InChI=1S/C38H43F5N8O4S/c1-4-55-34(52)9-6-20-56(3,54)28-8-5-7-27(23-28)46-36-45-24-29(35(49-36)44-14-15-51-18-16-50(2)17-19-51)25-10-13-32(31(40)21-25)47-37(53)48-33-22-26(38(41,42)43)11-12-30(33)39/h5,7-8,10-13,20-24H,4,6,9,14-19H2,1-3H3,(H2,47,48,53)(H2,44,45,46,49). The van der Waals surface area contributed by atoms with E-state index < -0.39 is 44.6 Å². The molecule has 0 saturated carbocycles. The molecule has 4 aromatic rings. The Morgan fingerprint density at radius 2 is 1.71 bits per heavy atom. The van der Waals surface area contributed by atoms with Crippen LogP contribution in [0.5, 0.6) is 0 Å². The lowest BCUT2D eigenvalue weighted by Crippen LogP contribution is -2.45. The topological polar surface area (TPSA) is 141 Å². The molecule has 1 aliphatic heterocycles. The number of alkyl halides is 3. The van der Waals surface area contributed by atoms with Crippen LogP contribution in [0.3, 0.4) is 0 Å². The second-order valence-corrected chi connectivity index (χ2v) is 15.7. The molecule has 5 rings (SSSR count). The summed E-state index contributed by atoms with van der Waals surface area (Å²) in [4.78, 5) is 38.5. The minimum Gasteiger partial charge on any atom is -0.466 e. The van der Waals surface area contributed by atoms with Crippen molar-refractivity contribution in [3.05, 3.63) is 84.1 Å². The molecule has 0 bridgehead atoms. The van der Waals surface area contributed by atoms with Crippen LogP contribution in [0, 0.1) is 11.6 Å². The van der Waals surface area contributed by atoms with Crippen LogP contribution < -0.4 is 21.3 Å². The van der Waals surface area contributed by atoms with Crippen LogP contribution in [0.1, 0.15) is 25.3 Å². The molecule has 1 saturated heterocycles. The van der Waals surface area contributed by atoms with Gasteiger partial charge >= 0.3 is 18.2 Å². The third kappa shape index (κ3) is 11.6. The molecule has 12 nitrogen and oxygen atoms in total. The Morgan fingerprint density at radius 3 is 2.43 bits per heavy atom. The third-order valence-corrected chi connectivity index (χ3v) is 10.9. The van der Waals surface area contributed by atoms with Gasteiger partial charge < -0.3 is 30.9 Å². The number of likely N-dealkylation sites (N-methyl/N-ethyl adjacent to an activating group) is 1. The van der Waals surface area contributed by atoms with Crippen LogP contribution in [0.4, 0.5) is 55.6 Å². The second kappa shape index (κ2) is 18.5. The summed E-state index contributed by atoms with van der Waals surface area (Å²) in [6, 6.07) is 11.2. The number of anilines is 5. The van der Waals surface area contributed by atoms with Crippen molar-refractivity contribution in [2.45, 2.75) is 30.8 Å². The van der Waals surface area contributed by atoms with E-state index in [-0.39, 0.29) is 37.1 Å². The summed E-state index contributed by atoms with van der Waals surface area (Å²) in [5.74, 6) is -1.78. The summed E-state index contributed by atoms with van der Waals surface area (Å²) in [5, 5.41) is 12.3. The average molecular weight is 803 g/mol. The number of urea groups is 1. The van der Waals surface area contributed by atoms with Crippen molar-refractivity contribution < 1.29 is 40.5 Å². The number of piperazine rings is 1. The van der Waals surface area contributed by atoms with Gasteiger partial charge in [0, 0.05) is 74.3 Å². The van der Waals surface area contributed by atoms with Gasteiger partial charge in [0.2, 0.25) is 5.95 Å². The van der Waals surface area contributed by atoms with Gasteiger partial charge in [0.15, 0.2) is 0 Å². The monoisotopic (exact) mass is 802 g/mol.